The van der Waals surface area contributed by atoms with Crippen molar-refractivity contribution in [3.8, 4) is 0 Å². The molecule has 0 aromatic heterocycles. The predicted octanol–water partition coefficient (Wildman–Crippen LogP) is 2.77. The maximum Gasteiger partial charge on any atom is 0.222 e. The molecule has 1 fully saturated rings. The number of rotatable bonds is 4. The molecule has 4 heteroatoms. The Kier molecular flexibility index (Phi) is 4.78. The first-order chi connectivity index (χ1) is 8.65. The minimum absolute atomic E-state index is 0.0522. The number of nitrogens with one attached hydrogen (secondary N) is 2. The van der Waals surface area contributed by atoms with E-state index in [0.29, 0.717) is 12.5 Å². The lowest BCUT2D eigenvalue weighted by molar-refractivity contribution is -0.122. The van der Waals surface area contributed by atoms with Crippen LogP contribution in [0.15, 0.2) is 28.7 Å². The fraction of sp³-hybridized carbons (Fsp3) is 0.500. The van der Waals surface area contributed by atoms with Crippen LogP contribution in [-0.4, -0.2) is 18.5 Å². The van der Waals surface area contributed by atoms with E-state index < -0.39 is 0 Å². The summed E-state index contributed by atoms with van der Waals surface area (Å²) in [6.07, 6.45) is 2.87. The molecule has 2 atom stereocenters. The van der Waals surface area contributed by atoms with E-state index in [2.05, 4.69) is 26.6 Å². The number of carbonyl (C=O) groups is 1. The summed E-state index contributed by atoms with van der Waals surface area (Å²) in [5.41, 5.74) is 1.12. The third-order valence-corrected chi connectivity index (χ3v) is 3.81. The Labute approximate surface area is 116 Å². The number of hydrogen-bond donors (Lipinski definition) is 2. The first-order valence-electron chi connectivity index (χ1n) is 6.43. The standard InChI is InChI=1S/C14H19BrN2O/c1-10(11-4-2-5-12(15)8-11)17-14(18)9-13-6-3-7-16-13/h2,4-5,8,10,13,16H,3,6-7,9H2,1H3,(H,17,18). The minimum Gasteiger partial charge on any atom is -0.350 e. The summed E-state index contributed by atoms with van der Waals surface area (Å²) < 4.78 is 1.04. The molecule has 1 aromatic carbocycles. The van der Waals surface area contributed by atoms with E-state index in [0.717, 1.165) is 23.0 Å². The van der Waals surface area contributed by atoms with E-state index in [4.69, 9.17) is 0 Å². The normalized spacial score (nSPS) is 20.7. The summed E-state index contributed by atoms with van der Waals surface area (Å²) >= 11 is 3.44. The molecule has 1 aliphatic rings. The molecule has 1 saturated heterocycles. The molecule has 0 bridgehead atoms. The number of halogens is 1. The van der Waals surface area contributed by atoms with E-state index in [1.54, 1.807) is 0 Å². The van der Waals surface area contributed by atoms with Crippen LogP contribution in [0.4, 0.5) is 0 Å². The Bertz CT molecular complexity index is 416. The van der Waals surface area contributed by atoms with Crippen molar-refractivity contribution in [2.75, 3.05) is 6.54 Å². The third-order valence-electron chi connectivity index (χ3n) is 3.32. The molecule has 0 aliphatic carbocycles. The lowest BCUT2D eigenvalue weighted by atomic mass is 10.1. The van der Waals surface area contributed by atoms with E-state index in [9.17, 15) is 4.79 Å². The summed E-state index contributed by atoms with van der Waals surface area (Å²) in [5.74, 6) is 0.127. The van der Waals surface area contributed by atoms with Crippen LogP contribution >= 0.6 is 15.9 Å². The number of benzene rings is 1. The molecule has 2 unspecified atom stereocenters. The van der Waals surface area contributed by atoms with Gasteiger partial charge in [0.05, 0.1) is 6.04 Å². The molecule has 1 amide bonds. The molecular weight excluding hydrogens is 292 g/mol. The van der Waals surface area contributed by atoms with Gasteiger partial charge in [-0.3, -0.25) is 4.79 Å². The summed E-state index contributed by atoms with van der Waals surface area (Å²) in [7, 11) is 0. The largest absolute Gasteiger partial charge is 0.350 e. The molecular formula is C14H19BrN2O. The van der Waals surface area contributed by atoms with Gasteiger partial charge in [-0.2, -0.15) is 0 Å². The van der Waals surface area contributed by atoms with E-state index in [-0.39, 0.29) is 11.9 Å². The molecule has 2 rings (SSSR count). The van der Waals surface area contributed by atoms with Gasteiger partial charge >= 0.3 is 0 Å². The van der Waals surface area contributed by atoms with Crippen LogP contribution in [-0.2, 0) is 4.79 Å². The Morgan fingerprint density at radius 2 is 2.44 bits per heavy atom. The smallest absolute Gasteiger partial charge is 0.222 e. The highest BCUT2D eigenvalue weighted by Crippen LogP contribution is 2.18. The second kappa shape index (κ2) is 6.34. The van der Waals surface area contributed by atoms with Crippen molar-refractivity contribution in [1.82, 2.24) is 10.6 Å². The molecule has 0 saturated carbocycles. The lowest BCUT2D eigenvalue weighted by Crippen LogP contribution is -2.33. The van der Waals surface area contributed by atoms with Crippen LogP contribution in [0, 0.1) is 0 Å². The van der Waals surface area contributed by atoms with Crippen LogP contribution in [0.25, 0.3) is 0 Å². The number of hydrogen-bond acceptors (Lipinski definition) is 2. The summed E-state index contributed by atoms with van der Waals surface area (Å²) in [4.78, 5) is 11.9. The van der Waals surface area contributed by atoms with Gasteiger partial charge in [0, 0.05) is 16.9 Å². The second-order valence-corrected chi connectivity index (χ2v) is 5.76. The molecule has 1 aromatic rings. The Morgan fingerprint density at radius 1 is 1.61 bits per heavy atom. The number of amides is 1. The van der Waals surface area contributed by atoms with Crippen molar-refractivity contribution in [3.05, 3.63) is 34.3 Å². The first kappa shape index (κ1) is 13.6. The zero-order chi connectivity index (χ0) is 13.0. The van der Waals surface area contributed by atoms with Gasteiger partial charge in [0.15, 0.2) is 0 Å². The van der Waals surface area contributed by atoms with Gasteiger partial charge < -0.3 is 10.6 Å². The van der Waals surface area contributed by atoms with Crippen LogP contribution < -0.4 is 10.6 Å². The molecule has 3 nitrogen and oxygen atoms in total. The van der Waals surface area contributed by atoms with E-state index >= 15 is 0 Å². The van der Waals surface area contributed by atoms with Gasteiger partial charge in [-0.1, -0.05) is 28.1 Å². The highest BCUT2D eigenvalue weighted by Gasteiger charge is 2.18. The maximum absolute atomic E-state index is 11.9. The quantitative estimate of drug-likeness (QED) is 0.898. The highest BCUT2D eigenvalue weighted by molar-refractivity contribution is 9.10. The van der Waals surface area contributed by atoms with Gasteiger partial charge in [-0.15, -0.1) is 0 Å². The van der Waals surface area contributed by atoms with Crippen LogP contribution in [0.1, 0.15) is 37.8 Å². The highest BCUT2D eigenvalue weighted by atomic mass is 79.9. The van der Waals surface area contributed by atoms with Gasteiger partial charge in [-0.25, -0.2) is 0 Å². The summed E-state index contributed by atoms with van der Waals surface area (Å²) in [6.45, 7) is 3.06. The van der Waals surface area contributed by atoms with Crippen LogP contribution in [0.5, 0.6) is 0 Å². The van der Waals surface area contributed by atoms with Gasteiger partial charge in [0.25, 0.3) is 0 Å². The zero-order valence-corrected chi connectivity index (χ0v) is 12.2. The molecule has 98 valence electrons. The molecule has 0 spiro atoms. The predicted molar refractivity (Wildman–Crippen MR) is 76.3 cm³/mol. The molecule has 1 aliphatic heterocycles. The second-order valence-electron chi connectivity index (χ2n) is 4.84. The monoisotopic (exact) mass is 310 g/mol. The Morgan fingerprint density at radius 3 is 3.11 bits per heavy atom. The van der Waals surface area contributed by atoms with E-state index in [1.165, 1.54) is 6.42 Å². The first-order valence-corrected chi connectivity index (χ1v) is 7.22. The topological polar surface area (TPSA) is 41.1 Å². The van der Waals surface area contributed by atoms with Crippen molar-refractivity contribution >= 4 is 21.8 Å². The van der Waals surface area contributed by atoms with Gasteiger partial charge in [0.1, 0.15) is 0 Å². The fourth-order valence-corrected chi connectivity index (χ4v) is 2.73. The third kappa shape index (κ3) is 3.82. The zero-order valence-electron chi connectivity index (χ0n) is 10.6. The average Bonchev–Trinajstić information content (AvgIpc) is 2.81. The number of carbonyl (C=O) groups excluding carboxylic acids is 1. The lowest BCUT2D eigenvalue weighted by Gasteiger charge is -2.16. The van der Waals surface area contributed by atoms with Gasteiger partial charge in [0.2, 0.25) is 5.91 Å². The van der Waals surface area contributed by atoms with Crippen molar-refractivity contribution in [2.24, 2.45) is 0 Å². The summed E-state index contributed by atoms with van der Waals surface area (Å²) in [5, 5.41) is 6.39. The molecule has 1 heterocycles. The Hall–Kier alpha value is -0.870. The minimum atomic E-state index is 0.0522. The molecule has 18 heavy (non-hydrogen) atoms. The van der Waals surface area contributed by atoms with E-state index in [1.807, 2.05) is 31.2 Å². The fourth-order valence-electron chi connectivity index (χ4n) is 2.31. The van der Waals surface area contributed by atoms with Crippen molar-refractivity contribution < 1.29 is 4.79 Å². The Balaban J connectivity index is 1.86. The van der Waals surface area contributed by atoms with Crippen LogP contribution in [0.3, 0.4) is 0 Å². The molecule has 0 radical (unpaired) electrons. The van der Waals surface area contributed by atoms with Gasteiger partial charge in [-0.05, 0) is 44.0 Å². The van der Waals surface area contributed by atoms with Crippen LogP contribution in [0.2, 0.25) is 0 Å². The SMILES string of the molecule is CC(NC(=O)CC1CCCN1)c1cccc(Br)c1. The maximum atomic E-state index is 11.9. The average molecular weight is 311 g/mol. The van der Waals surface area contributed by atoms with Crippen molar-refractivity contribution in [1.29, 1.82) is 0 Å². The van der Waals surface area contributed by atoms with Crippen molar-refractivity contribution in [2.45, 2.75) is 38.3 Å². The van der Waals surface area contributed by atoms with Crippen molar-refractivity contribution in [3.63, 3.8) is 0 Å². The summed E-state index contributed by atoms with van der Waals surface area (Å²) in [6, 6.07) is 8.46. The molecule has 2 N–H and O–H groups in total.